The van der Waals surface area contributed by atoms with Gasteiger partial charge in [-0.1, -0.05) is 0 Å². The third kappa shape index (κ3) is 1.55. The van der Waals surface area contributed by atoms with Crippen LogP contribution in [0.25, 0.3) is 10.2 Å². The van der Waals surface area contributed by atoms with E-state index in [0.717, 1.165) is 5.52 Å². The normalized spacial score (nSPS) is 10.5. The molecule has 0 radical (unpaired) electrons. The minimum atomic E-state index is -0.272. The lowest BCUT2D eigenvalue weighted by Crippen LogP contribution is -2.27. The zero-order chi connectivity index (χ0) is 11.0. The van der Waals surface area contributed by atoms with E-state index in [1.165, 1.54) is 22.4 Å². The summed E-state index contributed by atoms with van der Waals surface area (Å²) in [6.45, 7) is 0. The topological polar surface area (TPSA) is 53.2 Å². The molecule has 0 fully saturated rings. The maximum Gasteiger partial charge on any atom is 0.258 e. The minimum Gasteiger partial charge on any atom is -0.359 e. The van der Waals surface area contributed by atoms with Crippen molar-refractivity contribution in [3.8, 4) is 0 Å². The highest BCUT2D eigenvalue weighted by Gasteiger charge is 2.14. The molecule has 0 bridgehead atoms. The molecule has 1 amide bonds. The van der Waals surface area contributed by atoms with Crippen molar-refractivity contribution in [1.29, 1.82) is 0 Å². The second-order valence-corrected chi connectivity index (χ2v) is 4.31. The van der Waals surface area contributed by atoms with Crippen LogP contribution in [0.2, 0.25) is 0 Å². The molecule has 0 saturated carbocycles. The second kappa shape index (κ2) is 3.51. The van der Waals surface area contributed by atoms with Crippen LogP contribution in [0.15, 0.2) is 22.4 Å². The van der Waals surface area contributed by atoms with Gasteiger partial charge in [-0.2, -0.15) is 0 Å². The summed E-state index contributed by atoms with van der Waals surface area (Å²) in [7, 11) is 3.25. The number of carbonyl (C=O) groups is 1. The van der Waals surface area contributed by atoms with Crippen molar-refractivity contribution in [2.24, 2.45) is 0 Å². The van der Waals surface area contributed by atoms with E-state index in [-0.39, 0.29) is 16.9 Å². The number of pyridine rings is 1. The highest BCUT2D eigenvalue weighted by molar-refractivity contribution is 7.17. The largest absolute Gasteiger partial charge is 0.359 e. The van der Waals surface area contributed by atoms with Gasteiger partial charge in [-0.15, -0.1) is 11.3 Å². The summed E-state index contributed by atoms with van der Waals surface area (Å²) in [5.74, 6) is -0.272. The van der Waals surface area contributed by atoms with Crippen molar-refractivity contribution >= 4 is 27.5 Å². The Morgan fingerprint density at radius 2 is 2.20 bits per heavy atom. The van der Waals surface area contributed by atoms with Crippen molar-refractivity contribution in [1.82, 2.24) is 9.88 Å². The maximum absolute atomic E-state index is 11.9. The fourth-order valence-corrected chi connectivity index (χ4v) is 2.15. The molecule has 0 aromatic carbocycles. The van der Waals surface area contributed by atoms with Gasteiger partial charge in [0.25, 0.3) is 5.91 Å². The fraction of sp³-hybridized carbons (Fsp3) is 0.200. The zero-order valence-corrected chi connectivity index (χ0v) is 9.22. The Balaban J connectivity index is 2.68. The Hall–Kier alpha value is -1.62. The molecule has 1 N–H and O–H groups in total. The highest BCUT2D eigenvalue weighted by Crippen LogP contribution is 2.14. The summed E-state index contributed by atoms with van der Waals surface area (Å²) in [5.41, 5.74) is 0.771. The van der Waals surface area contributed by atoms with Crippen molar-refractivity contribution in [3.63, 3.8) is 0 Å². The van der Waals surface area contributed by atoms with Gasteiger partial charge in [0, 0.05) is 20.3 Å². The Labute approximate surface area is 90.2 Å². The summed E-state index contributed by atoms with van der Waals surface area (Å²) in [6, 6.07) is 1.82. The highest BCUT2D eigenvalue weighted by atomic mass is 32.1. The zero-order valence-electron chi connectivity index (χ0n) is 8.40. The van der Waals surface area contributed by atoms with Gasteiger partial charge in [0.1, 0.15) is 5.56 Å². The first-order chi connectivity index (χ1) is 7.11. The third-order valence-electron chi connectivity index (χ3n) is 2.12. The summed E-state index contributed by atoms with van der Waals surface area (Å²) in [4.78, 5) is 27.9. The van der Waals surface area contributed by atoms with Crippen LogP contribution in [0.4, 0.5) is 0 Å². The van der Waals surface area contributed by atoms with Crippen molar-refractivity contribution < 1.29 is 4.79 Å². The van der Waals surface area contributed by atoms with Crippen molar-refractivity contribution in [3.05, 3.63) is 33.4 Å². The number of amides is 1. The molecule has 2 aromatic heterocycles. The van der Waals surface area contributed by atoms with Gasteiger partial charge in [0.05, 0.1) is 10.2 Å². The number of rotatable bonds is 1. The number of aromatic amines is 1. The summed E-state index contributed by atoms with van der Waals surface area (Å²) < 4.78 is 0.600. The van der Waals surface area contributed by atoms with Crippen molar-refractivity contribution in [2.75, 3.05) is 14.1 Å². The van der Waals surface area contributed by atoms with E-state index in [2.05, 4.69) is 4.98 Å². The van der Waals surface area contributed by atoms with Crippen LogP contribution in [-0.4, -0.2) is 29.9 Å². The van der Waals surface area contributed by atoms with E-state index in [1.807, 2.05) is 11.4 Å². The number of hydrogen-bond acceptors (Lipinski definition) is 3. The monoisotopic (exact) mass is 222 g/mol. The number of nitrogens with zero attached hydrogens (tertiary/aromatic N) is 1. The Morgan fingerprint density at radius 3 is 2.87 bits per heavy atom. The van der Waals surface area contributed by atoms with Gasteiger partial charge in [-0.05, 0) is 11.4 Å². The summed E-state index contributed by atoms with van der Waals surface area (Å²) in [6.07, 6.45) is 1.47. The van der Waals surface area contributed by atoms with Gasteiger partial charge < -0.3 is 9.88 Å². The Morgan fingerprint density at radius 1 is 1.47 bits per heavy atom. The van der Waals surface area contributed by atoms with Gasteiger partial charge >= 0.3 is 0 Å². The first kappa shape index (κ1) is 9.92. The third-order valence-corrected chi connectivity index (χ3v) is 3.04. The molecular weight excluding hydrogens is 212 g/mol. The van der Waals surface area contributed by atoms with Gasteiger partial charge in [0.15, 0.2) is 0 Å². The predicted molar refractivity (Wildman–Crippen MR) is 60.5 cm³/mol. The van der Waals surface area contributed by atoms with Crippen LogP contribution in [0.1, 0.15) is 10.4 Å². The number of thiophene rings is 1. The van der Waals surface area contributed by atoms with Crippen LogP contribution in [-0.2, 0) is 0 Å². The number of hydrogen-bond donors (Lipinski definition) is 1. The van der Waals surface area contributed by atoms with Crippen LogP contribution >= 0.6 is 11.3 Å². The predicted octanol–water partition coefficient (Wildman–Crippen LogP) is 1.29. The lowest BCUT2D eigenvalue weighted by Gasteiger charge is -2.08. The van der Waals surface area contributed by atoms with E-state index in [1.54, 1.807) is 14.1 Å². The smallest absolute Gasteiger partial charge is 0.258 e. The standard InChI is InChI=1S/C10H10N2O2S/c1-12(2)10(14)6-5-11-7-3-4-15-9(7)8(6)13/h3-5H,1-2H3,(H,11,13). The maximum atomic E-state index is 11.9. The van der Waals surface area contributed by atoms with Gasteiger partial charge in [0.2, 0.25) is 5.43 Å². The van der Waals surface area contributed by atoms with Crippen LogP contribution in [0.3, 0.4) is 0 Å². The minimum absolute atomic E-state index is 0.190. The molecule has 2 aromatic rings. The van der Waals surface area contributed by atoms with Crippen LogP contribution in [0.5, 0.6) is 0 Å². The lowest BCUT2D eigenvalue weighted by atomic mass is 10.2. The molecule has 5 heteroatoms. The van der Waals surface area contributed by atoms with E-state index in [0.29, 0.717) is 4.70 Å². The number of carbonyl (C=O) groups excluding carboxylic acids is 1. The summed E-state index contributed by atoms with van der Waals surface area (Å²) in [5, 5.41) is 1.83. The molecule has 2 heterocycles. The molecular formula is C10H10N2O2S. The van der Waals surface area contributed by atoms with E-state index in [9.17, 15) is 9.59 Å². The molecule has 2 rings (SSSR count). The molecule has 0 saturated heterocycles. The first-order valence-corrected chi connectivity index (χ1v) is 5.30. The number of aromatic nitrogens is 1. The molecule has 15 heavy (non-hydrogen) atoms. The quantitative estimate of drug-likeness (QED) is 0.790. The average molecular weight is 222 g/mol. The molecule has 0 atom stereocenters. The number of nitrogens with one attached hydrogen (secondary N) is 1. The van der Waals surface area contributed by atoms with Gasteiger partial charge in [-0.25, -0.2) is 0 Å². The Bertz CT molecular complexity index is 568. The summed E-state index contributed by atoms with van der Waals surface area (Å²) >= 11 is 1.34. The molecule has 0 aliphatic carbocycles. The lowest BCUT2D eigenvalue weighted by molar-refractivity contribution is 0.0826. The fourth-order valence-electron chi connectivity index (χ4n) is 1.34. The molecule has 0 aliphatic heterocycles. The SMILES string of the molecule is CN(C)C(=O)c1c[nH]c2ccsc2c1=O. The average Bonchev–Trinajstić information content (AvgIpc) is 2.66. The van der Waals surface area contributed by atoms with Gasteiger partial charge in [-0.3, -0.25) is 9.59 Å². The molecule has 0 aliphatic rings. The van der Waals surface area contributed by atoms with Crippen LogP contribution in [0, 0.1) is 0 Å². The molecule has 4 nitrogen and oxygen atoms in total. The number of fused-ring (bicyclic) bond motifs is 1. The Kier molecular flexibility index (Phi) is 2.32. The molecule has 78 valence electrons. The molecule has 0 unspecified atom stereocenters. The van der Waals surface area contributed by atoms with Crippen molar-refractivity contribution in [2.45, 2.75) is 0 Å². The number of H-pyrrole nitrogens is 1. The molecule has 0 spiro atoms. The second-order valence-electron chi connectivity index (χ2n) is 3.39. The van der Waals surface area contributed by atoms with Crippen LogP contribution < -0.4 is 5.43 Å². The van der Waals surface area contributed by atoms with E-state index in [4.69, 9.17) is 0 Å². The van der Waals surface area contributed by atoms with E-state index < -0.39 is 0 Å². The first-order valence-electron chi connectivity index (χ1n) is 4.42. The van der Waals surface area contributed by atoms with E-state index >= 15 is 0 Å².